The van der Waals surface area contributed by atoms with E-state index in [1.165, 1.54) is 5.56 Å². The molecule has 3 aromatic carbocycles. The summed E-state index contributed by atoms with van der Waals surface area (Å²) in [6, 6.07) is 26.9. The third-order valence-electron chi connectivity index (χ3n) is 3.79. The average Bonchev–Trinajstić information content (AvgIpc) is 2.62. The Labute approximate surface area is 133 Å². The zero-order valence-electron chi connectivity index (χ0n) is 12.6. The van der Waals surface area contributed by atoms with E-state index in [0.717, 1.165) is 21.1 Å². The van der Waals surface area contributed by atoms with E-state index >= 15 is 3.89 Å². The van der Waals surface area contributed by atoms with Gasteiger partial charge in [-0.2, -0.15) is 3.89 Å². The lowest BCUT2D eigenvalue weighted by atomic mass is 10.2. The van der Waals surface area contributed by atoms with Crippen LogP contribution in [0.25, 0.3) is 0 Å². The fourth-order valence-electron chi connectivity index (χ4n) is 2.54. The number of rotatable bonds is 4. The maximum atomic E-state index is 16.3. The molecule has 0 aliphatic carbocycles. The van der Waals surface area contributed by atoms with Gasteiger partial charge in [-0.15, -0.1) is 0 Å². The van der Waals surface area contributed by atoms with E-state index in [1.54, 1.807) is 0 Å². The average molecular weight is 310 g/mol. The molecule has 112 valence electrons. The first-order chi connectivity index (χ1) is 10.7. The summed E-state index contributed by atoms with van der Waals surface area (Å²) in [5.74, 6) is 0. The highest BCUT2D eigenvalue weighted by Gasteiger charge is 2.30. The van der Waals surface area contributed by atoms with Crippen molar-refractivity contribution < 1.29 is 3.89 Å². The quantitative estimate of drug-likeness (QED) is 0.522. The summed E-state index contributed by atoms with van der Waals surface area (Å²) in [5, 5.41) is 0. The van der Waals surface area contributed by atoms with Crippen molar-refractivity contribution in [1.29, 1.82) is 0 Å². The highest BCUT2D eigenvalue weighted by molar-refractivity contribution is 8.29. The Hall–Kier alpha value is -2.06. The predicted molar refractivity (Wildman–Crippen MR) is 92.2 cm³/mol. The Balaban J connectivity index is 2.18. The highest BCUT2D eigenvalue weighted by atomic mass is 32.3. The van der Waals surface area contributed by atoms with Crippen molar-refractivity contribution in [3.8, 4) is 0 Å². The van der Waals surface area contributed by atoms with Gasteiger partial charge in [0.1, 0.15) is 0 Å². The summed E-state index contributed by atoms with van der Waals surface area (Å²) in [5.41, 5.74) is 1.23. The standard InChI is InChI=1S/C20H19FS/c1-2-17-13-15-20(16-14-17)22(21,18-9-5-3-6-10-18)19-11-7-4-8-12-19/h3-16H,2H2,1H3. The van der Waals surface area contributed by atoms with E-state index in [9.17, 15) is 0 Å². The van der Waals surface area contributed by atoms with Gasteiger partial charge in [0.25, 0.3) is 0 Å². The van der Waals surface area contributed by atoms with Crippen LogP contribution < -0.4 is 0 Å². The monoisotopic (exact) mass is 310 g/mol. The minimum Gasteiger partial charge on any atom is -0.175 e. The van der Waals surface area contributed by atoms with E-state index in [-0.39, 0.29) is 0 Å². The van der Waals surface area contributed by atoms with Crippen molar-refractivity contribution in [2.75, 3.05) is 0 Å². The fourth-order valence-corrected chi connectivity index (χ4v) is 4.93. The molecule has 0 saturated heterocycles. The number of aryl methyl sites for hydroxylation is 1. The summed E-state index contributed by atoms with van der Waals surface area (Å²) in [7, 11) is -2.70. The molecule has 0 nitrogen and oxygen atoms in total. The maximum absolute atomic E-state index is 16.3. The van der Waals surface area contributed by atoms with Crippen molar-refractivity contribution in [2.45, 2.75) is 28.0 Å². The molecule has 0 amide bonds. The Morgan fingerprint density at radius 3 is 1.45 bits per heavy atom. The lowest BCUT2D eigenvalue weighted by molar-refractivity contribution is 0.869. The van der Waals surface area contributed by atoms with Crippen molar-refractivity contribution in [2.24, 2.45) is 0 Å². The second-order valence-corrected chi connectivity index (χ2v) is 7.65. The molecule has 0 bridgehead atoms. The molecule has 0 radical (unpaired) electrons. The number of hydrogen-bond donors (Lipinski definition) is 0. The first-order valence-electron chi connectivity index (χ1n) is 7.47. The molecule has 0 unspecified atom stereocenters. The Kier molecular flexibility index (Phi) is 4.30. The predicted octanol–water partition coefficient (Wildman–Crippen LogP) is 6.42. The van der Waals surface area contributed by atoms with Gasteiger partial charge in [0, 0.05) is 14.7 Å². The van der Waals surface area contributed by atoms with Crippen LogP contribution in [0.5, 0.6) is 0 Å². The van der Waals surface area contributed by atoms with Crippen LogP contribution in [-0.2, 0) is 6.42 Å². The number of halogens is 1. The molecule has 0 fully saturated rings. The zero-order chi connectivity index (χ0) is 15.4. The van der Waals surface area contributed by atoms with Crippen LogP contribution >= 0.6 is 10.4 Å². The van der Waals surface area contributed by atoms with E-state index < -0.39 is 10.4 Å². The van der Waals surface area contributed by atoms with Gasteiger partial charge in [-0.1, -0.05) is 55.5 Å². The molecule has 2 heteroatoms. The smallest absolute Gasteiger partial charge is 0.0263 e. The maximum Gasteiger partial charge on any atom is 0.0263 e. The fraction of sp³-hybridized carbons (Fsp3) is 0.100. The zero-order valence-corrected chi connectivity index (χ0v) is 13.4. The first kappa shape index (κ1) is 14.9. The molecular weight excluding hydrogens is 291 g/mol. The van der Waals surface area contributed by atoms with Gasteiger partial charge in [0.2, 0.25) is 0 Å². The summed E-state index contributed by atoms with van der Waals surface area (Å²) < 4.78 is 16.3. The van der Waals surface area contributed by atoms with Crippen LogP contribution in [-0.4, -0.2) is 0 Å². The molecule has 0 N–H and O–H groups in total. The van der Waals surface area contributed by atoms with Crippen LogP contribution in [0, 0.1) is 0 Å². The largest absolute Gasteiger partial charge is 0.175 e. The van der Waals surface area contributed by atoms with Crippen LogP contribution in [0.2, 0.25) is 0 Å². The van der Waals surface area contributed by atoms with E-state index in [4.69, 9.17) is 0 Å². The first-order valence-corrected chi connectivity index (χ1v) is 9.00. The Morgan fingerprint density at radius 1 is 0.636 bits per heavy atom. The molecule has 22 heavy (non-hydrogen) atoms. The van der Waals surface area contributed by atoms with Gasteiger partial charge in [-0.05, 0) is 58.8 Å². The van der Waals surface area contributed by atoms with E-state index in [2.05, 4.69) is 6.92 Å². The molecule has 0 atom stereocenters. The van der Waals surface area contributed by atoms with Crippen LogP contribution in [0.15, 0.2) is 99.6 Å². The summed E-state index contributed by atoms with van der Waals surface area (Å²) in [6.07, 6.45) is 0.964. The van der Waals surface area contributed by atoms with E-state index in [0.29, 0.717) is 0 Å². The third-order valence-corrected chi connectivity index (χ3v) is 6.56. The van der Waals surface area contributed by atoms with Crippen LogP contribution in [0.3, 0.4) is 0 Å². The SMILES string of the molecule is CCc1ccc(S(F)(c2ccccc2)c2ccccc2)cc1. The minimum atomic E-state index is -2.70. The molecule has 0 aliphatic heterocycles. The lowest BCUT2D eigenvalue weighted by Crippen LogP contribution is -1.98. The Morgan fingerprint density at radius 2 is 1.05 bits per heavy atom. The van der Waals surface area contributed by atoms with Crippen molar-refractivity contribution in [1.82, 2.24) is 0 Å². The second kappa shape index (κ2) is 6.37. The number of hydrogen-bond acceptors (Lipinski definition) is 0. The van der Waals surface area contributed by atoms with Gasteiger partial charge in [-0.3, -0.25) is 0 Å². The summed E-state index contributed by atoms with van der Waals surface area (Å²) >= 11 is 0. The molecule has 0 heterocycles. The topological polar surface area (TPSA) is 0 Å². The van der Waals surface area contributed by atoms with Crippen molar-refractivity contribution in [3.05, 3.63) is 90.5 Å². The van der Waals surface area contributed by atoms with Crippen LogP contribution in [0.1, 0.15) is 12.5 Å². The van der Waals surface area contributed by atoms with Crippen LogP contribution in [0.4, 0.5) is 3.89 Å². The van der Waals surface area contributed by atoms with Gasteiger partial charge >= 0.3 is 0 Å². The molecule has 0 aliphatic rings. The molecule has 3 rings (SSSR count). The molecule has 0 saturated carbocycles. The van der Waals surface area contributed by atoms with Gasteiger partial charge in [0.05, 0.1) is 0 Å². The van der Waals surface area contributed by atoms with E-state index in [1.807, 2.05) is 84.9 Å². The second-order valence-electron chi connectivity index (χ2n) is 5.16. The summed E-state index contributed by atoms with van der Waals surface area (Å²) in [4.78, 5) is 2.23. The minimum absolute atomic E-state index is 0.741. The normalized spacial score (nSPS) is 12.1. The summed E-state index contributed by atoms with van der Waals surface area (Å²) in [6.45, 7) is 2.11. The van der Waals surface area contributed by atoms with Gasteiger partial charge in [-0.25, -0.2) is 0 Å². The van der Waals surface area contributed by atoms with Crippen molar-refractivity contribution in [3.63, 3.8) is 0 Å². The Bertz CT molecular complexity index is 681. The van der Waals surface area contributed by atoms with Gasteiger partial charge in [0.15, 0.2) is 0 Å². The molecular formula is C20H19FS. The molecule has 3 aromatic rings. The third kappa shape index (κ3) is 2.67. The molecule has 0 spiro atoms. The molecule has 0 aromatic heterocycles. The van der Waals surface area contributed by atoms with Crippen molar-refractivity contribution >= 4 is 10.4 Å². The van der Waals surface area contributed by atoms with Gasteiger partial charge < -0.3 is 0 Å². The number of benzene rings is 3. The lowest BCUT2D eigenvalue weighted by Gasteiger charge is -2.32. The highest BCUT2D eigenvalue weighted by Crippen LogP contribution is 2.69.